The molecule has 0 radical (unpaired) electrons. The number of rotatable bonds is 4. The van der Waals surface area contributed by atoms with Gasteiger partial charge in [0.05, 0.1) is 5.39 Å². The van der Waals surface area contributed by atoms with Crippen molar-refractivity contribution in [2.75, 3.05) is 36.2 Å². The Labute approximate surface area is 176 Å². The molecule has 1 aromatic carbocycles. The number of aromatic nitrogens is 2. The average Bonchev–Trinajstić information content (AvgIpc) is 3.47. The van der Waals surface area contributed by atoms with Crippen molar-refractivity contribution < 1.29 is 0 Å². The van der Waals surface area contributed by atoms with Crippen molar-refractivity contribution in [2.45, 2.75) is 18.8 Å². The van der Waals surface area contributed by atoms with Gasteiger partial charge in [0, 0.05) is 25.0 Å². The lowest BCUT2D eigenvalue weighted by molar-refractivity contribution is 0.339. The van der Waals surface area contributed by atoms with Gasteiger partial charge in [-0.15, -0.1) is 0 Å². The van der Waals surface area contributed by atoms with Gasteiger partial charge in [0.2, 0.25) is 0 Å². The number of nitrogens with zero attached hydrogens (tertiary/aromatic N) is 2. The zero-order valence-electron chi connectivity index (χ0n) is 16.5. The molecule has 5 nitrogen and oxygen atoms in total. The minimum Gasteiger partial charge on any atom is -0.339 e. The largest absolute Gasteiger partial charge is 0.339 e. The molecule has 0 spiro atoms. The van der Waals surface area contributed by atoms with E-state index in [1.807, 2.05) is 6.07 Å². The van der Waals surface area contributed by atoms with E-state index in [0.29, 0.717) is 22.3 Å². The normalized spacial score (nSPS) is 22.3. The molecule has 2 aliphatic heterocycles. The van der Waals surface area contributed by atoms with Crippen LogP contribution < -0.4 is 10.9 Å². The third-order valence-corrected chi connectivity index (χ3v) is 9.53. The predicted octanol–water partition coefficient (Wildman–Crippen LogP) is 4.86. The summed E-state index contributed by atoms with van der Waals surface area (Å²) >= 11 is 6.16. The zero-order chi connectivity index (χ0) is 20.0. The van der Waals surface area contributed by atoms with Crippen LogP contribution in [0.15, 0.2) is 47.4 Å². The zero-order valence-corrected chi connectivity index (χ0v) is 18.0. The summed E-state index contributed by atoms with van der Waals surface area (Å²) in [6.07, 6.45) is 6.65. The van der Waals surface area contributed by atoms with Crippen LogP contribution in [0.4, 0.5) is 11.5 Å². The lowest BCUT2D eigenvalue weighted by atomic mass is 9.91. The molecule has 2 saturated heterocycles. The van der Waals surface area contributed by atoms with Crippen molar-refractivity contribution in [3.63, 3.8) is 0 Å². The summed E-state index contributed by atoms with van der Waals surface area (Å²) in [4.78, 5) is 19.4. The van der Waals surface area contributed by atoms with E-state index in [0.717, 1.165) is 11.1 Å². The first-order valence-corrected chi connectivity index (χ1v) is 12.8. The molecule has 29 heavy (non-hydrogen) atoms. The summed E-state index contributed by atoms with van der Waals surface area (Å²) in [5.41, 5.74) is 2.12. The highest BCUT2D eigenvalue weighted by molar-refractivity contribution is 8.37. The molecular formula is C22H25ClN4OS. The number of halogens is 1. The van der Waals surface area contributed by atoms with Gasteiger partial charge in [0.15, 0.2) is 0 Å². The van der Waals surface area contributed by atoms with Crippen LogP contribution in [0.2, 0.25) is 5.15 Å². The van der Waals surface area contributed by atoms with E-state index in [2.05, 4.69) is 50.1 Å². The molecule has 0 saturated carbocycles. The van der Waals surface area contributed by atoms with E-state index < -0.39 is 10.2 Å². The molecule has 5 rings (SSSR count). The maximum atomic E-state index is 12.3. The van der Waals surface area contributed by atoms with Gasteiger partial charge in [0.25, 0.3) is 5.56 Å². The van der Waals surface area contributed by atoms with Gasteiger partial charge < -0.3 is 10.3 Å². The first-order valence-electron chi connectivity index (χ1n) is 10.1. The molecule has 2 aliphatic rings. The van der Waals surface area contributed by atoms with Crippen molar-refractivity contribution in [2.24, 2.45) is 0 Å². The number of hydrogen-bond acceptors (Lipinski definition) is 4. The van der Waals surface area contributed by atoms with Gasteiger partial charge in [-0.3, -0.25) is 9.10 Å². The molecule has 0 aliphatic carbocycles. The van der Waals surface area contributed by atoms with Gasteiger partial charge >= 0.3 is 0 Å². The summed E-state index contributed by atoms with van der Waals surface area (Å²) in [6.45, 7) is 2.46. The Hall–Kier alpha value is -2.02. The number of nitrogens with one attached hydrogen (secondary N) is 2. The molecule has 152 valence electrons. The van der Waals surface area contributed by atoms with Gasteiger partial charge in [-0.25, -0.2) is 4.98 Å². The Bertz CT molecular complexity index is 1110. The highest BCUT2D eigenvalue weighted by Gasteiger charge is 2.39. The second-order valence-corrected chi connectivity index (χ2v) is 12.3. The summed E-state index contributed by atoms with van der Waals surface area (Å²) in [5, 5.41) is 4.93. The van der Waals surface area contributed by atoms with Gasteiger partial charge in [-0.1, -0.05) is 23.7 Å². The second-order valence-electron chi connectivity index (χ2n) is 8.17. The fourth-order valence-corrected chi connectivity index (χ4v) is 7.03. The standard InChI is InChI=1S/C22H25ClN4OS/c1-29(11-12-29)27-10-2-3-17(14-27)15-4-6-18(7-5-15)25-21-20-16(13-19(23)26-21)8-9-24-22(20)28/h4-9,13,17H,2-3,10-12,14H2,1H3,(H,24,28)(H,25,26). The van der Waals surface area contributed by atoms with E-state index in [9.17, 15) is 4.79 Å². The number of pyridine rings is 2. The Balaban J connectivity index is 1.38. The summed E-state index contributed by atoms with van der Waals surface area (Å²) in [5.74, 6) is 3.93. The van der Waals surface area contributed by atoms with Crippen molar-refractivity contribution in [1.29, 1.82) is 0 Å². The maximum Gasteiger partial charge on any atom is 0.259 e. The van der Waals surface area contributed by atoms with Crippen LogP contribution in [0.1, 0.15) is 24.3 Å². The molecule has 0 amide bonds. The molecule has 4 heterocycles. The SMILES string of the molecule is CS1(N2CCCC(c3ccc(Nc4nc(Cl)cc5cc[nH]c(=O)c45)cc3)C2)CC1. The number of hydrogen-bond donors (Lipinski definition) is 2. The van der Waals surface area contributed by atoms with Crippen LogP contribution in [0, 0.1) is 0 Å². The first-order chi connectivity index (χ1) is 14.0. The van der Waals surface area contributed by atoms with E-state index >= 15 is 0 Å². The molecular weight excluding hydrogens is 404 g/mol. The summed E-state index contributed by atoms with van der Waals surface area (Å²) in [6, 6.07) is 12.1. The summed E-state index contributed by atoms with van der Waals surface area (Å²) < 4.78 is 2.77. The van der Waals surface area contributed by atoms with Crippen LogP contribution >= 0.6 is 21.8 Å². The number of fused-ring (bicyclic) bond motifs is 1. The lowest BCUT2D eigenvalue weighted by Gasteiger charge is -2.39. The minimum absolute atomic E-state index is 0.177. The van der Waals surface area contributed by atoms with E-state index in [4.69, 9.17) is 11.6 Å². The molecule has 3 aromatic rings. The van der Waals surface area contributed by atoms with Crippen molar-refractivity contribution in [3.05, 3.63) is 63.7 Å². The van der Waals surface area contributed by atoms with Crippen LogP contribution in [-0.2, 0) is 0 Å². The molecule has 0 bridgehead atoms. The fraction of sp³-hybridized carbons (Fsp3) is 0.364. The third-order valence-electron chi connectivity index (χ3n) is 6.17. The number of aromatic amines is 1. The Kier molecular flexibility index (Phi) is 4.81. The number of H-pyrrole nitrogens is 1. The molecule has 2 fully saturated rings. The fourth-order valence-electron chi connectivity index (χ4n) is 4.24. The molecule has 2 N–H and O–H groups in total. The van der Waals surface area contributed by atoms with Crippen LogP contribution in [0.5, 0.6) is 0 Å². The molecule has 7 heteroatoms. The molecule has 1 unspecified atom stereocenters. The summed E-state index contributed by atoms with van der Waals surface area (Å²) in [7, 11) is -0.427. The second kappa shape index (κ2) is 7.35. The first kappa shape index (κ1) is 19.0. The smallest absolute Gasteiger partial charge is 0.259 e. The Morgan fingerprint density at radius 2 is 2.03 bits per heavy atom. The van der Waals surface area contributed by atoms with Gasteiger partial charge in [-0.05, 0) is 71.7 Å². The topological polar surface area (TPSA) is 61.0 Å². The Morgan fingerprint density at radius 1 is 1.24 bits per heavy atom. The minimum atomic E-state index is -0.427. The van der Waals surface area contributed by atoms with E-state index in [1.54, 1.807) is 12.3 Å². The average molecular weight is 429 g/mol. The van der Waals surface area contributed by atoms with E-state index in [-0.39, 0.29) is 5.56 Å². The lowest BCUT2D eigenvalue weighted by Crippen LogP contribution is -2.32. The van der Waals surface area contributed by atoms with Gasteiger partial charge in [0.1, 0.15) is 11.0 Å². The van der Waals surface area contributed by atoms with Crippen LogP contribution in [-0.4, -0.2) is 45.1 Å². The number of piperidine rings is 1. The van der Waals surface area contributed by atoms with Crippen molar-refractivity contribution in [3.8, 4) is 0 Å². The Morgan fingerprint density at radius 3 is 2.79 bits per heavy atom. The maximum absolute atomic E-state index is 12.3. The van der Waals surface area contributed by atoms with Crippen LogP contribution in [0.3, 0.4) is 0 Å². The molecule has 2 aromatic heterocycles. The predicted molar refractivity (Wildman–Crippen MR) is 124 cm³/mol. The third kappa shape index (κ3) is 3.77. The van der Waals surface area contributed by atoms with Crippen LogP contribution in [0.25, 0.3) is 10.8 Å². The van der Waals surface area contributed by atoms with E-state index in [1.165, 1.54) is 43.0 Å². The quantitative estimate of drug-likeness (QED) is 0.460. The highest BCUT2D eigenvalue weighted by Crippen LogP contribution is 2.62. The monoisotopic (exact) mass is 428 g/mol. The van der Waals surface area contributed by atoms with Crippen molar-refractivity contribution in [1.82, 2.24) is 14.3 Å². The van der Waals surface area contributed by atoms with Crippen molar-refractivity contribution >= 4 is 44.1 Å². The highest BCUT2D eigenvalue weighted by atomic mass is 35.5. The molecule has 1 atom stereocenters. The number of benzene rings is 1. The van der Waals surface area contributed by atoms with Gasteiger partial charge in [-0.2, -0.15) is 10.2 Å². The number of anilines is 2.